The molecule has 1 atom stereocenters. The highest BCUT2D eigenvalue weighted by molar-refractivity contribution is 5.94. The van der Waals surface area contributed by atoms with Gasteiger partial charge >= 0.3 is 0 Å². The molecule has 0 bridgehead atoms. The first kappa shape index (κ1) is 22.9. The Morgan fingerprint density at radius 2 is 2.07 bits per heavy atom. The van der Waals surface area contributed by atoms with E-state index in [9.17, 15) is 14.4 Å². The van der Waals surface area contributed by atoms with Crippen LogP contribution < -0.4 is 15.8 Å². The standard InChI is InChI=1S/C19H27N3O4.ClH/c1-13(23)14-5-6-17(26-2)16(10-14)11-18(24)22-9-3-4-15(12-22)19(25)21-8-7-20;/h5-6,10,15H,3-4,7-9,11-12,20H2,1-2H3,(H,21,25);1H. The van der Waals surface area contributed by atoms with Crippen molar-refractivity contribution in [2.75, 3.05) is 33.3 Å². The maximum absolute atomic E-state index is 12.7. The third kappa shape index (κ3) is 6.22. The second kappa shape index (κ2) is 10.9. The number of ketones is 1. The Bertz CT molecular complexity index is 681. The molecule has 1 aliphatic rings. The fourth-order valence-electron chi connectivity index (χ4n) is 3.17. The zero-order valence-electron chi connectivity index (χ0n) is 15.8. The van der Waals surface area contributed by atoms with Crippen molar-refractivity contribution in [3.05, 3.63) is 29.3 Å². The number of nitrogens with one attached hydrogen (secondary N) is 1. The zero-order chi connectivity index (χ0) is 19.1. The largest absolute Gasteiger partial charge is 0.496 e. The molecule has 0 aromatic heterocycles. The van der Waals surface area contributed by atoms with Gasteiger partial charge in [-0.25, -0.2) is 0 Å². The molecule has 1 aromatic carbocycles. The van der Waals surface area contributed by atoms with Crippen LogP contribution in [-0.4, -0.2) is 55.8 Å². The van der Waals surface area contributed by atoms with Crippen LogP contribution in [0.3, 0.4) is 0 Å². The van der Waals surface area contributed by atoms with Gasteiger partial charge in [-0.1, -0.05) is 0 Å². The maximum atomic E-state index is 12.7. The van der Waals surface area contributed by atoms with E-state index in [1.165, 1.54) is 14.0 Å². The molecule has 3 N–H and O–H groups in total. The van der Waals surface area contributed by atoms with Gasteiger partial charge in [0.15, 0.2) is 5.78 Å². The Balaban J connectivity index is 0.00000364. The van der Waals surface area contributed by atoms with E-state index in [1.807, 2.05) is 0 Å². The molecule has 0 spiro atoms. The number of carbonyl (C=O) groups excluding carboxylic acids is 3. The fourth-order valence-corrected chi connectivity index (χ4v) is 3.17. The molecule has 27 heavy (non-hydrogen) atoms. The molecule has 8 heteroatoms. The lowest BCUT2D eigenvalue weighted by molar-refractivity contribution is -0.135. The van der Waals surface area contributed by atoms with Gasteiger partial charge in [0.05, 0.1) is 19.4 Å². The van der Waals surface area contributed by atoms with Crippen molar-refractivity contribution in [3.63, 3.8) is 0 Å². The summed E-state index contributed by atoms with van der Waals surface area (Å²) in [6.45, 7) is 3.37. The minimum Gasteiger partial charge on any atom is -0.496 e. The number of rotatable bonds is 7. The Morgan fingerprint density at radius 3 is 2.70 bits per heavy atom. The van der Waals surface area contributed by atoms with E-state index in [1.54, 1.807) is 23.1 Å². The topological polar surface area (TPSA) is 102 Å². The monoisotopic (exact) mass is 397 g/mol. The molecule has 1 unspecified atom stereocenters. The van der Waals surface area contributed by atoms with Crippen molar-refractivity contribution in [1.29, 1.82) is 0 Å². The lowest BCUT2D eigenvalue weighted by Crippen LogP contribution is -2.46. The normalized spacial score (nSPS) is 16.3. The number of carbonyl (C=O) groups is 3. The molecule has 7 nitrogen and oxygen atoms in total. The van der Waals surface area contributed by atoms with E-state index in [0.29, 0.717) is 43.1 Å². The van der Waals surface area contributed by atoms with E-state index in [0.717, 1.165) is 12.8 Å². The minimum atomic E-state index is -0.204. The number of halogens is 1. The van der Waals surface area contributed by atoms with Crippen LogP contribution in [0.4, 0.5) is 0 Å². The molecule has 150 valence electrons. The van der Waals surface area contributed by atoms with Crippen LogP contribution >= 0.6 is 12.4 Å². The van der Waals surface area contributed by atoms with E-state index in [4.69, 9.17) is 10.5 Å². The number of benzene rings is 1. The van der Waals surface area contributed by atoms with Gasteiger partial charge in [0.1, 0.15) is 5.75 Å². The highest BCUT2D eigenvalue weighted by atomic mass is 35.5. The highest BCUT2D eigenvalue weighted by Crippen LogP contribution is 2.23. The second-order valence-electron chi connectivity index (χ2n) is 6.52. The molecule has 0 aliphatic carbocycles. The van der Waals surface area contributed by atoms with Crippen molar-refractivity contribution in [3.8, 4) is 5.75 Å². The summed E-state index contributed by atoms with van der Waals surface area (Å²) >= 11 is 0. The third-order valence-corrected chi connectivity index (χ3v) is 4.62. The Morgan fingerprint density at radius 1 is 1.33 bits per heavy atom. The SMILES string of the molecule is COc1ccc(C(C)=O)cc1CC(=O)N1CCCC(C(=O)NCCN)C1.Cl. The molecule has 1 saturated heterocycles. The molecular formula is C19H28ClN3O4. The number of nitrogens with zero attached hydrogens (tertiary/aromatic N) is 1. The molecule has 1 aliphatic heterocycles. The second-order valence-corrected chi connectivity index (χ2v) is 6.52. The summed E-state index contributed by atoms with van der Waals surface area (Å²) in [4.78, 5) is 38.2. The zero-order valence-corrected chi connectivity index (χ0v) is 16.6. The summed E-state index contributed by atoms with van der Waals surface area (Å²) in [6.07, 6.45) is 1.70. The van der Waals surface area contributed by atoms with Gasteiger partial charge in [0.2, 0.25) is 11.8 Å². The third-order valence-electron chi connectivity index (χ3n) is 4.62. The first-order valence-electron chi connectivity index (χ1n) is 8.89. The van der Waals surface area contributed by atoms with Crippen LogP contribution in [-0.2, 0) is 16.0 Å². The van der Waals surface area contributed by atoms with Gasteiger partial charge in [0.25, 0.3) is 0 Å². The van der Waals surface area contributed by atoms with Gasteiger partial charge < -0.3 is 20.7 Å². The van der Waals surface area contributed by atoms with E-state index in [2.05, 4.69) is 5.32 Å². The Hall–Kier alpha value is -2.12. The number of piperidine rings is 1. The summed E-state index contributed by atoms with van der Waals surface area (Å²) in [6, 6.07) is 5.10. The number of nitrogens with two attached hydrogens (primary N) is 1. The number of ether oxygens (including phenoxy) is 1. The van der Waals surface area contributed by atoms with Crippen LogP contribution in [0.2, 0.25) is 0 Å². The Labute approximate surface area is 166 Å². The first-order valence-corrected chi connectivity index (χ1v) is 8.89. The van der Waals surface area contributed by atoms with Gasteiger partial charge in [0, 0.05) is 37.3 Å². The molecule has 1 aromatic rings. The van der Waals surface area contributed by atoms with Gasteiger partial charge in [-0.2, -0.15) is 0 Å². The number of hydrogen-bond donors (Lipinski definition) is 2. The number of likely N-dealkylation sites (tertiary alicyclic amines) is 1. The average molecular weight is 398 g/mol. The number of hydrogen-bond acceptors (Lipinski definition) is 5. The van der Waals surface area contributed by atoms with Crippen molar-refractivity contribution >= 4 is 30.0 Å². The van der Waals surface area contributed by atoms with Crippen LogP contribution in [0.15, 0.2) is 18.2 Å². The predicted molar refractivity (Wildman–Crippen MR) is 105 cm³/mol. The van der Waals surface area contributed by atoms with Crippen LogP contribution in [0.5, 0.6) is 5.75 Å². The van der Waals surface area contributed by atoms with Crippen LogP contribution in [0.25, 0.3) is 0 Å². The van der Waals surface area contributed by atoms with Crippen molar-refractivity contribution < 1.29 is 19.1 Å². The van der Waals surface area contributed by atoms with E-state index >= 15 is 0 Å². The van der Waals surface area contributed by atoms with Crippen LogP contribution in [0.1, 0.15) is 35.7 Å². The molecule has 2 amide bonds. The van der Waals surface area contributed by atoms with Gasteiger partial charge in [-0.15, -0.1) is 12.4 Å². The maximum Gasteiger partial charge on any atom is 0.227 e. The highest BCUT2D eigenvalue weighted by Gasteiger charge is 2.28. The van der Waals surface area contributed by atoms with Crippen molar-refractivity contribution in [2.24, 2.45) is 11.7 Å². The average Bonchev–Trinajstić information content (AvgIpc) is 2.65. The van der Waals surface area contributed by atoms with Gasteiger partial charge in [-0.05, 0) is 38.0 Å². The number of amides is 2. The Kier molecular flexibility index (Phi) is 9.25. The molecule has 2 rings (SSSR count). The molecule has 1 fully saturated rings. The summed E-state index contributed by atoms with van der Waals surface area (Å²) in [7, 11) is 1.54. The molecular weight excluding hydrogens is 370 g/mol. The summed E-state index contributed by atoms with van der Waals surface area (Å²) in [5.74, 6) is 0.197. The van der Waals surface area contributed by atoms with Crippen LogP contribution in [0, 0.1) is 5.92 Å². The number of Topliss-reactive ketones (excluding diaryl/α,β-unsaturated/α-hetero) is 1. The van der Waals surface area contributed by atoms with E-state index < -0.39 is 0 Å². The summed E-state index contributed by atoms with van der Waals surface area (Å²) in [5, 5.41) is 2.79. The lowest BCUT2D eigenvalue weighted by atomic mass is 9.96. The summed E-state index contributed by atoms with van der Waals surface area (Å²) < 4.78 is 5.31. The minimum absolute atomic E-state index is 0. The predicted octanol–water partition coefficient (Wildman–Crippen LogP) is 1.18. The van der Waals surface area contributed by atoms with Gasteiger partial charge in [-0.3, -0.25) is 14.4 Å². The lowest BCUT2D eigenvalue weighted by Gasteiger charge is -2.32. The fraction of sp³-hybridized carbons (Fsp3) is 0.526. The summed E-state index contributed by atoms with van der Waals surface area (Å²) in [5.41, 5.74) is 6.64. The smallest absolute Gasteiger partial charge is 0.227 e. The van der Waals surface area contributed by atoms with Crippen molar-refractivity contribution in [1.82, 2.24) is 10.2 Å². The first-order chi connectivity index (χ1) is 12.5. The molecule has 1 heterocycles. The molecule has 0 radical (unpaired) electrons. The van der Waals surface area contributed by atoms with Crippen molar-refractivity contribution in [2.45, 2.75) is 26.2 Å². The number of methoxy groups -OCH3 is 1. The quantitative estimate of drug-likeness (QED) is 0.672. The molecule has 0 saturated carbocycles. The van der Waals surface area contributed by atoms with E-state index in [-0.39, 0.29) is 42.3 Å².